The van der Waals surface area contributed by atoms with Crippen molar-refractivity contribution in [2.45, 2.75) is 23.8 Å². The van der Waals surface area contributed by atoms with Gasteiger partial charge in [0.1, 0.15) is 0 Å². The number of ether oxygens (including phenoxy) is 2. The summed E-state index contributed by atoms with van der Waals surface area (Å²) in [5.74, 6) is 1.52. The highest BCUT2D eigenvalue weighted by Gasteiger charge is 2.36. The van der Waals surface area contributed by atoms with Gasteiger partial charge in [0.25, 0.3) is 0 Å². The van der Waals surface area contributed by atoms with Crippen LogP contribution in [0.1, 0.15) is 29.0 Å². The minimum Gasteiger partial charge on any atom is -0.493 e. The van der Waals surface area contributed by atoms with Gasteiger partial charge in [0.2, 0.25) is 0 Å². The Kier molecular flexibility index (Phi) is 4.13. The van der Waals surface area contributed by atoms with Crippen molar-refractivity contribution < 1.29 is 19.3 Å². The average molecular weight is 355 g/mol. The molecule has 1 N–H and O–H groups in total. The monoisotopic (exact) mass is 355 g/mol. The third-order valence-corrected chi connectivity index (χ3v) is 5.54. The molecule has 0 bridgehead atoms. The lowest BCUT2D eigenvalue weighted by Gasteiger charge is -2.19. The first-order chi connectivity index (χ1) is 12.2. The van der Waals surface area contributed by atoms with Gasteiger partial charge in [0.05, 0.1) is 25.4 Å². The van der Waals surface area contributed by atoms with E-state index in [-0.39, 0.29) is 11.2 Å². The Balaban J connectivity index is 1.70. The van der Waals surface area contributed by atoms with Crippen molar-refractivity contribution in [1.82, 2.24) is 4.57 Å². The zero-order valence-electron chi connectivity index (χ0n) is 14.1. The Hall–Kier alpha value is -2.47. The van der Waals surface area contributed by atoms with Gasteiger partial charge in [-0.3, -0.25) is 0 Å². The molecule has 0 amide bonds. The molecule has 2 heterocycles. The molecular formula is C19H19N2O3S+. The molecule has 1 aliphatic heterocycles. The number of carbonyl (C=O) groups is 1. The number of H-pyrrole nitrogens is 1. The van der Waals surface area contributed by atoms with Crippen LogP contribution in [-0.2, 0) is 0 Å². The molecule has 5 nitrogen and oxygen atoms in total. The third kappa shape index (κ3) is 2.76. The molecule has 0 fully saturated rings. The lowest BCUT2D eigenvalue weighted by Crippen LogP contribution is -2.22. The summed E-state index contributed by atoms with van der Waals surface area (Å²) in [6.45, 7) is 2.53. The highest BCUT2D eigenvalue weighted by atomic mass is 32.2. The summed E-state index contributed by atoms with van der Waals surface area (Å²) < 4.78 is 12.8. The number of benzene rings is 2. The quantitative estimate of drug-likeness (QED) is 0.715. The highest BCUT2D eigenvalue weighted by molar-refractivity contribution is 7.99. The van der Waals surface area contributed by atoms with E-state index in [1.165, 1.54) is 0 Å². The van der Waals surface area contributed by atoms with Crippen molar-refractivity contribution in [1.29, 1.82) is 0 Å². The van der Waals surface area contributed by atoms with E-state index in [9.17, 15) is 4.79 Å². The maximum Gasteiger partial charge on any atom is 0.324 e. The predicted molar refractivity (Wildman–Crippen MR) is 96.5 cm³/mol. The first-order valence-corrected chi connectivity index (χ1v) is 9.12. The van der Waals surface area contributed by atoms with E-state index in [1.807, 2.05) is 49.4 Å². The van der Waals surface area contributed by atoms with Gasteiger partial charge >= 0.3 is 11.1 Å². The van der Waals surface area contributed by atoms with E-state index < -0.39 is 0 Å². The molecule has 1 unspecified atom stereocenters. The normalized spacial score (nSPS) is 16.7. The largest absolute Gasteiger partial charge is 0.493 e. The number of aromatic amines is 1. The molecule has 6 heteroatoms. The molecule has 0 spiro atoms. The van der Waals surface area contributed by atoms with Crippen molar-refractivity contribution >= 4 is 28.7 Å². The van der Waals surface area contributed by atoms with Crippen LogP contribution in [0, 0.1) is 0 Å². The number of para-hydroxylation sites is 2. The number of carbonyl (C=O) groups excluding carboxylic acids is 1. The summed E-state index contributed by atoms with van der Waals surface area (Å²) in [5, 5.41) is 0.917. The van der Waals surface area contributed by atoms with E-state index in [0.717, 1.165) is 27.5 Å². The van der Waals surface area contributed by atoms with Crippen LogP contribution in [0.25, 0.3) is 11.0 Å². The van der Waals surface area contributed by atoms with E-state index in [2.05, 4.69) is 4.98 Å². The van der Waals surface area contributed by atoms with Gasteiger partial charge in [-0.05, 0) is 48.5 Å². The minimum atomic E-state index is 0.0464. The number of fused-ring (bicyclic) bond motifs is 3. The number of thioether (sulfide) groups is 1. The highest BCUT2D eigenvalue weighted by Crippen LogP contribution is 2.43. The second-order valence-corrected chi connectivity index (χ2v) is 7.02. The molecule has 128 valence electrons. The predicted octanol–water partition coefficient (Wildman–Crippen LogP) is 3.74. The molecule has 3 aromatic rings. The first kappa shape index (κ1) is 16.0. The fourth-order valence-electron chi connectivity index (χ4n) is 3.16. The Morgan fingerprint density at radius 2 is 2.08 bits per heavy atom. The summed E-state index contributed by atoms with van der Waals surface area (Å²) in [5.41, 5.74) is 2.96. The Morgan fingerprint density at radius 3 is 2.88 bits per heavy atom. The SMILES string of the molecule is CCOc1ccc(C2CC(=O)n3c([nH+]c4ccccc43)S2)cc1OC. The van der Waals surface area contributed by atoms with Crippen LogP contribution in [0.4, 0.5) is 0 Å². The molecule has 0 saturated heterocycles. The van der Waals surface area contributed by atoms with E-state index in [4.69, 9.17) is 9.47 Å². The maximum absolute atomic E-state index is 12.7. The lowest BCUT2D eigenvalue weighted by molar-refractivity contribution is -0.398. The summed E-state index contributed by atoms with van der Waals surface area (Å²) in [6, 6.07) is 13.8. The van der Waals surface area contributed by atoms with Gasteiger partial charge in [-0.2, -0.15) is 4.57 Å². The summed E-state index contributed by atoms with van der Waals surface area (Å²) in [6.07, 6.45) is 0.446. The van der Waals surface area contributed by atoms with E-state index >= 15 is 0 Å². The molecular weight excluding hydrogens is 336 g/mol. The molecule has 25 heavy (non-hydrogen) atoms. The molecule has 1 aromatic heterocycles. The second kappa shape index (κ2) is 6.44. The van der Waals surface area contributed by atoms with Crippen molar-refractivity contribution in [3.8, 4) is 11.5 Å². The first-order valence-electron chi connectivity index (χ1n) is 8.24. The van der Waals surface area contributed by atoms with Crippen LogP contribution >= 0.6 is 11.8 Å². The molecule has 4 rings (SSSR count). The Labute approximate surface area is 150 Å². The van der Waals surface area contributed by atoms with Gasteiger partial charge < -0.3 is 9.47 Å². The minimum absolute atomic E-state index is 0.0464. The van der Waals surface area contributed by atoms with Crippen LogP contribution in [0.2, 0.25) is 0 Å². The third-order valence-electron chi connectivity index (χ3n) is 4.31. The van der Waals surface area contributed by atoms with Crippen molar-refractivity contribution in [3.63, 3.8) is 0 Å². The Bertz CT molecular complexity index is 951. The lowest BCUT2D eigenvalue weighted by atomic mass is 10.1. The van der Waals surface area contributed by atoms with Gasteiger partial charge in [-0.1, -0.05) is 18.2 Å². The molecule has 0 radical (unpaired) electrons. The summed E-state index contributed by atoms with van der Waals surface area (Å²) in [7, 11) is 1.63. The number of nitrogens with one attached hydrogen (secondary N) is 1. The number of nitrogens with zero attached hydrogens (tertiary/aromatic N) is 1. The van der Waals surface area contributed by atoms with Gasteiger partial charge in [0.15, 0.2) is 22.5 Å². The smallest absolute Gasteiger partial charge is 0.324 e. The average Bonchev–Trinajstić information content (AvgIpc) is 3.01. The summed E-state index contributed by atoms with van der Waals surface area (Å²) >= 11 is 1.67. The molecule has 1 aliphatic rings. The molecule has 1 atom stereocenters. The standard InChI is InChI=1S/C19H18N2O3S/c1-3-24-15-9-8-12(10-16(15)23-2)17-11-18(22)21-14-7-5-4-6-13(14)20-19(21)25-17/h4-10,17H,3,11H2,1-2H3/p+1. The second-order valence-electron chi connectivity index (χ2n) is 5.83. The van der Waals surface area contributed by atoms with Gasteiger partial charge in [-0.25, -0.2) is 9.78 Å². The zero-order valence-corrected chi connectivity index (χ0v) is 14.9. The number of imidazole rings is 1. The number of hydrogen-bond donors (Lipinski definition) is 0. The molecule has 2 aromatic carbocycles. The van der Waals surface area contributed by atoms with Crippen LogP contribution in [0.3, 0.4) is 0 Å². The number of aromatic nitrogens is 2. The molecule has 0 saturated carbocycles. The van der Waals surface area contributed by atoms with Crippen LogP contribution in [-0.4, -0.2) is 24.2 Å². The Morgan fingerprint density at radius 1 is 1.24 bits per heavy atom. The number of hydrogen-bond acceptors (Lipinski definition) is 4. The zero-order chi connectivity index (χ0) is 17.4. The number of rotatable bonds is 4. The number of methoxy groups -OCH3 is 1. The fraction of sp³-hybridized carbons (Fsp3) is 0.263. The summed E-state index contributed by atoms with van der Waals surface area (Å²) in [4.78, 5) is 16.1. The van der Waals surface area contributed by atoms with E-state index in [1.54, 1.807) is 23.4 Å². The van der Waals surface area contributed by atoms with Crippen molar-refractivity contribution in [2.24, 2.45) is 0 Å². The van der Waals surface area contributed by atoms with Crippen molar-refractivity contribution in [2.75, 3.05) is 13.7 Å². The molecule has 0 aliphatic carbocycles. The van der Waals surface area contributed by atoms with Crippen LogP contribution in [0.15, 0.2) is 47.6 Å². The van der Waals surface area contributed by atoms with Crippen LogP contribution in [0.5, 0.6) is 11.5 Å². The fourth-order valence-corrected chi connectivity index (χ4v) is 4.41. The topological polar surface area (TPSA) is 54.6 Å². The maximum atomic E-state index is 12.7. The van der Waals surface area contributed by atoms with Crippen LogP contribution < -0.4 is 14.5 Å². The van der Waals surface area contributed by atoms with E-state index in [0.29, 0.717) is 18.8 Å². The van der Waals surface area contributed by atoms with Gasteiger partial charge in [-0.15, -0.1) is 0 Å². The van der Waals surface area contributed by atoms with Gasteiger partial charge in [0, 0.05) is 0 Å². The van der Waals surface area contributed by atoms with Crippen molar-refractivity contribution in [3.05, 3.63) is 48.0 Å².